The van der Waals surface area contributed by atoms with Crippen molar-refractivity contribution in [2.45, 2.75) is 47.0 Å². The van der Waals surface area contributed by atoms with Crippen LogP contribution in [0.15, 0.2) is 4.99 Å². The predicted molar refractivity (Wildman–Crippen MR) is 72.2 cm³/mol. The van der Waals surface area contributed by atoms with Crippen molar-refractivity contribution < 1.29 is 49.0 Å². The van der Waals surface area contributed by atoms with Crippen LogP contribution in [0.1, 0.15) is 47.0 Å². The molecule has 3 amide bonds. The third-order valence-electron chi connectivity index (χ3n) is 3.33. The molecule has 114 valence electrons. The summed E-state index contributed by atoms with van der Waals surface area (Å²) in [6.45, 7) is 6.93. The molecule has 1 rings (SSSR count). The Kier molecular flexibility index (Phi) is 10.6. The molecular weight excluding hydrogens is 285 g/mol. The van der Waals surface area contributed by atoms with Gasteiger partial charge in [0.15, 0.2) is 0 Å². The molecule has 0 spiro atoms. The van der Waals surface area contributed by atoms with Gasteiger partial charge in [0, 0.05) is 6.92 Å². The van der Waals surface area contributed by atoms with Crippen LogP contribution in [-0.4, -0.2) is 23.7 Å². The molecule has 21 heavy (non-hydrogen) atoms. The minimum atomic E-state index is -1.15. The van der Waals surface area contributed by atoms with Crippen LogP contribution < -0.4 is 45.7 Å². The first-order valence-electron chi connectivity index (χ1n) is 6.59. The summed E-state index contributed by atoms with van der Waals surface area (Å²) in [7, 11) is 0. The molecule has 2 unspecified atom stereocenters. The van der Waals surface area contributed by atoms with E-state index >= 15 is 0 Å². The van der Waals surface area contributed by atoms with E-state index in [0.29, 0.717) is 6.42 Å². The summed E-state index contributed by atoms with van der Waals surface area (Å²) in [6, 6.07) is -0.845. The van der Waals surface area contributed by atoms with Gasteiger partial charge < -0.3 is 16.2 Å². The zero-order valence-corrected chi connectivity index (χ0v) is 15.4. The van der Waals surface area contributed by atoms with Crippen LogP contribution in [0.3, 0.4) is 0 Å². The minimum Gasteiger partial charge on any atom is -0.846 e. The molecule has 0 aromatic heterocycles. The normalized spacial score (nSPS) is 22.0. The number of primary amides is 1. The van der Waals surface area contributed by atoms with Crippen molar-refractivity contribution in [2.75, 3.05) is 0 Å². The Labute approximate surface area is 147 Å². The Morgan fingerprint density at radius 3 is 2.24 bits per heavy atom. The van der Waals surface area contributed by atoms with E-state index in [9.17, 15) is 19.5 Å². The zero-order chi connectivity index (χ0) is 15.9. The average molecular weight is 307 g/mol. The molecule has 0 aliphatic carbocycles. The van der Waals surface area contributed by atoms with Crippen molar-refractivity contribution in [3.05, 3.63) is 0 Å². The third-order valence-corrected chi connectivity index (χ3v) is 3.33. The van der Waals surface area contributed by atoms with E-state index in [0.717, 1.165) is 12.8 Å². The van der Waals surface area contributed by atoms with Gasteiger partial charge in [0.25, 0.3) is 5.91 Å². The van der Waals surface area contributed by atoms with Crippen LogP contribution in [0.5, 0.6) is 0 Å². The first-order chi connectivity index (χ1) is 9.22. The summed E-state index contributed by atoms with van der Waals surface area (Å²) in [4.78, 5) is 36.3. The van der Waals surface area contributed by atoms with Crippen LogP contribution in [-0.2, 0) is 14.4 Å². The van der Waals surface area contributed by atoms with Crippen LogP contribution in [0.2, 0.25) is 0 Å². The van der Waals surface area contributed by atoms with Crippen molar-refractivity contribution in [1.29, 1.82) is 0 Å². The maximum absolute atomic E-state index is 11.9. The number of carbonyl (C=O) groups excluding carboxylic acids is 3. The first kappa shape index (κ1) is 22.4. The second-order valence-corrected chi connectivity index (χ2v) is 4.80. The summed E-state index contributed by atoms with van der Waals surface area (Å²) in [5.74, 6) is -1.53. The summed E-state index contributed by atoms with van der Waals surface area (Å²) in [6.07, 6.45) is 2.02. The van der Waals surface area contributed by atoms with Crippen LogP contribution in [0.4, 0.5) is 0 Å². The number of nitrogens with two attached hydrogens (primary N) is 1. The smallest absolute Gasteiger partial charge is 0.846 e. The molecule has 1 heterocycles. The second-order valence-electron chi connectivity index (χ2n) is 4.80. The van der Waals surface area contributed by atoms with Crippen LogP contribution >= 0.6 is 0 Å². The van der Waals surface area contributed by atoms with Crippen molar-refractivity contribution in [3.8, 4) is 0 Å². The van der Waals surface area contributed by atoms with Gasteiger partial charge >= 0.3 is 29.6 Å². The van der Waals surface area contributed by atoms with Gasteiger partial charge in [0.05, 0.1) is 6.02 Å². The Morgan fingerprint density at radius 2 is 1.90 bits per heavy atom. The number of aliphatic imine (C=N–C) groups is 1. The molecule has 3 N–H and O–H groups in total. The number of rotatable bonds is 4. The van der Waals surface area contributed by atoms with Gasteiger partial charge in [-0.25, -0.2) is 4.99 Å². The Balaban J connectivity index is 0. The van der Waals surface area contributed by atoms with Crippen molar-refractivity contribution in [1.82, 2.24) is 5.32 Å². The van der Waals surface area contributed by atoms with Gasteiger partial charge in [-0.15, -0.1) is 0 Å². The fourth-order valence-electron chi connectivity index (χ4n) is 2.30. The number of carbonyl (C=O) groups is 3. The molecule has 0 fully saturated rings. The molecule has 0 saturated carbocycles. The fourth-order valence-corrected chi connectivity index (χ4v) is 2.30. The van der Waals surface area contributed by atoms with Crippen molar-refractivity contribution >= 4 is 23.7 Å². The minimum absolute atomic E-state index is 0. The molecule has 0 bridgehead atoms. The zero-order valence-electron chi connectivity index (χ0n) is 13.4. The fraction of sp³-hybridized carbons (Fsp3) is 0.692. The number of hydrogen-bond acceptors (Lipinski definition) is 4. The molecule has 2 atom stereocenters. The summed E-state index contributed by atoms with van der Waals surface area (Å²) in [5.41, 5.74) is 3.32. The van der Waals surface area contributed by atoms with E-state index in [1.165, 1.54) is 6.92 Å². The SMILES string of the molecule is CC(N)=O.CCCC(C)C1(CC)C(=O)N=C([O-])NC1=O.[Na+]. The number of amides is 3. The van der Waals surface area contributed by atoms with E-state index < -0.39 is 23.3 Å². The van der Waals surface area contributed by atoms with Gasteiger partial charge in [0.1, 0.15) is 5.41 Å². The topological polar surface area (TPSA) is 125 Å². The van der Waals surface area contributed by atoms with Gasteiger partial charge in [-0.1, -0.05) is 27.2 Å². The molecule has 7 nitrogen and oxygen atoms in total. The molecule has 0 aromatic rings. The summed E-state index contributed by atoms with van der Waals surface area (Å²) in [5, 5.41) is 13.1. The van der Waals surface area contributed by atoms with E-state index in [2.05, 4.69) is 16.0 Å². The van der Waals surface area contributed by atoms with Crippen LogP contribution in [0, 0.1) is 11.3 Å². The van der Waals surface area contributed by atoms with Gasteiger partial charge in [0.2, 0.25) is 11.8 Å². The molecular formula is C13H22N3NaO4. The first-order valence-corrected chi connectivity index (χ1v) is 6.59. The van der Waals surface area contributed by atoms with E-state index in [1.807, 2.05) is 13.8 Å². The molecule has 0 saturated heterocycles. The largest absolute Gasteiger partial charge is 1.00 e. The monoisotopic (exact) mass is 307 g/mol. The van der Waals surface area contributed by atoms with E-state index in [4.69, 9.17) is 0 Å². The second kappa shape index (κ2) is 9.92. The van der Waals surface area contributed by atoms with E-state index in [1.54, 1.807) is 6.92 Å². The predicted octanol–water partition coefficient (Wildman–Crippen LogP) is -3.31. The third kappa shape index (κ3) is 5.76. The molecule has 1 aliphatic rings. The molecule has 0 aromatic carbocycles. The van der Waals surface area contributed by atoms with Crippen molar-refractivity contribution in [3.63, 3.8) is 0 Å². The number of nitrogens with zero attached hydrogens (tertiary/aromatic N) is 1. The summed E-state index contributed by atoms with van der Waals surface area (Å²) < 4.78 is 0. The summed E-state index contributed by atoms with van der Waals surface area (Å²) >= 11 is 0. The quantitative estimate of drug-likeness (QED) is 0.416. The van der Waals surface area contributed by atoms with Gasteiger partial charge in [-0.3, -0.25) is 14.4 Å². The van der Waals surface area contributed by atoms with Crippen LogP contribution in [0.25, 0.3) is 0 Å². The van der Waals surface area contributed by atoms with Gasteiger partial charge in [-0.05, 0) is 18.8 Å². The molecule has 8 heteroatoms. The molecule has 0 radical (unpaired) electrons. The Morgan fingerprint density at radius 1 is 1.43 bits per heavy atom. The standard InChI is InChI=1S/C11H18N2O3.C2H5NO.Na/c1-4-6-7(3)11(5-2)8(14)12-10(16)13-9(11)15;1-2(3)4;/h7H,4-6H2,1-3H3,(H2,12,13,14,15,16);1H3,(H2,3,4);/q;;+1/p-1. The maximum Gasteiger partial charge on any atom is 1.00 e. The Bertz CT molecular complexity index is 422. The average Bonchev–Trinajstić information content (AvgIpc) is 2.28. The maximum atomic E-state index is 11.9. The molecule has 1 aliphatic heterocycles. The van der Waals surface area contributed by atoms with E-state index in [-0.39, 0.29) is 41.4 Å². The number of nitrogens with one attached hydrogen (secondary N) is 1. The number of amidine groups is 1. The van der Waals surface area contributed by atoms with Crippen molar-refractivity contribution in [2.24, 2.45) is 22.1 Å². The number of hydrogen-bond donors (Lipinski definition) is 2. The van der Waals surface area contributed by atoms with Gasteiger partial charge in [-0.2, -0.15) is 0 Å². The Hall–Kier alpha value is -0.920.